The first-order valence-corrected chi connectivity index (χ1v) is 11.3. The third kappa shape index (κ3) is 4.37. The third-order valence-corrected chi connectivity index (χ3v) is 6.12. The van der Waals surface area contributed by atoms with Gasteiger partial charge in [0.15, 0.2) is 5.82 Å². The Hall–Kier alpha value is -3.76. The van der Waals surface area contributed by atoms with E-state index in [4.69, 9.17) is 10.5 Å². The topological polar surface area (TPSA) is 146 Å². The van der Waals surface area contributed by atoms with E-state index >= 15 is 0 Å². The largest absolute Gasteiger partial charge is 0.496 e. The van der Waals surface area contributed by atoms with Crippen molar-refractivity contribution < 1.29 is 14.6 Å². The van der Waals surface area contributed by atoms with Gasteiger partial charge in [0.2, 0.25) is 5.95 Å². The standard InChI is InChI=1S/C23H32N8O3/c1-23(2,3)31(22(32)33)14-7-6-8-30(12-14)18-11-15(26-21(25-4)27-18)13-9-16-19(17(10-13)34-5)20(24)29-28-16/h9-11,14H,6-8,12H2,1-5H3,(H,32,33)(H3,24,28,29)(H,25,26,27)/t14-/m1/s1. The molecule has 34 heavy (non-hydrogen) atoms. The second kappa shape index (κ2) is 8.88. The molecule has 3 heterocycles. The van der Waals surface area contributed by atoms with Crippen molar-refractivity contribution in [1.82, 2.24) is 25.1 Å². The van der Waals surface area contributed by atoms with Gasteiger partial charge < -0.3 is 25.8 Å². The third-order valence-electron chi connectivity index (χ3n) is 6.12. The molecule has 2 aromatic heterocycles. The number of anilines is 3. The number of H-pyrrole nitrogens is 1. The molecule has 0 aliphatic carbocycles. The van der Waals surface area contributed by atoms with E-state index in [9.17, 15) is 9.90 Å². The predicted octanol–water partition coefficient (Wildman–Crippen LogP) is 3.40. The fourth-order valence-corrected chi connectivity index (χ4v) is 4.67. The summed E-state index contributed by atoms with van der Waals surface area (Å²) in [7, 11) is 3.36. The smallest absolute Gasteiger partial charge is 0.408 e. The fraction of sp³-hybridized carbons (Fsp3) is 0.478. The first-order chi connectivity index (χ1) is 16.1. The molecule has 11 heteroatoms. The number of carboxylic acid groups (broad SMARTS) is 1. The second-order valence-corrected chi connectivity index (χ2v) is 9.46. The van der Waals surface area contributed by atoms with Gasteiger partial charge in [-0.05, 0) is 45.7 Å². The van der Waals surface area contributed by atoms with Gasteiger partial charge in [0.1, 0.15) is 11.6 Å². The van der Waals surface area contributed by atoms with Gasteiger partial charge in [0.05, 0.1) is 29.7 Å². The summed E-state index contributed by atoms with van der Waals surface area (Å²) < 4.78 is 5.56. The number of hydrogen-bond acceptors (Lipinski definition) is 8. The maximum absolute atomic E-state index is 12.0. The van der Waals surface area contributed by atoms with Crippen molar-refractivity contribution >= 4 is 34.6 Å². The number of carbonyl (C=O) groups is 1. The van der Waals surface area contributed by atoms with Crippen molar-refractivity contribution in [2.45, 2.75) is 45.2 Å². The number of aromatic nitrogens is 4. The van der Waals surface area contributed by atoms with Crippen molar-refractivity contribution in [1.29, 1.82) is 0 Å². The molecule has 182 valence electrons. The number of fused-ring (bicyclic) bond motifs is 1. The Kier molecular flexibility index (Phi) is 6.11. The maximum atomic E-state index is 12.0. The number of amides is 1. The summed E-state index contributed by atoms with van der Waals surface area (Å²) in [6.45, 7) is 7.12. The van der Waals surface area contributed by atoms with Crippen LogP contribution in [0.5, 0.6) is 5.75 Å². The van der Waals surface area contributed by atoms with Gasteiger partial charge in [-0.2, -0.15) is 10.1 Å². The number of methoxy groups -OCH3 is 1. The molecule has 0 unspecified atom stereocenters. The van der Waals surface area contributed by atoms with Gasteiger partial charge in [0.25, 0.3) is 0 Å². The predicted molar refractivity (Wildman–Crippen MR) is 132 cm³/mol. The average Bonchev–Trinajstić information content (AvgIpc) is 3.18. The summed E-state index contributed by atoms with van der Waals surface area (Å²) in [4.78, 5) is 25.1. The highest BCUT2D eigenvalue weighted by atomic mass is 16.5. The Balaban J connectivity index is 1.72. The molecule has 11 nitrogen and oxygen atoms in total. The molecule has 1 aromatic carbocycles. The molecular weight excluding hydrogens is 436 g/mol. The number of nitrogens with two attached hydrogens (primary N) is 1. The van der Waals surface area contributed by atoms with Gasteiger partial charge in [-0.25, -0.2) is 9.78 Å². The van der Waals surface area contributed by atoms with Crippen LogP contribution in [-0.4, -0.2) is 75.1 Å². The summed E-state index contributed by atoms with van der Waals surface area (Å²) in [6.07, 6.45) is 0.774. The minimum absolute atomic E-state index is 0.132. The van der Waals surface area contributed by atoms with Crippen LogP contribution in [0.4, 0.5) is 22.4 Å². The normalized spacial score (nSPS) is 16.5. The minimum Gasteiger partial charge on any atom is -0.496 e. The van der Waals surface area contributed by atoms with Crippen molar-refractivity contribution in [3.63, 3.8) is 0 Å². The lowest BCUT2D eigenvalue weighted by atomic mass is 9.97. The zero-order valence-corrected chi connectivity index (χ0v) is 20.2. The zero-order valence-electron chi connectivity index (χ0n) is 20.2. The van der Waals surface area contributed by atoms with Crippen LogP contribution in [0.15, 0.2) is 18.2 Å². The SMILES string of the molecule is CNc1nc(-c2cc(OC)c3c(N)n[nH]c3c2)cc(N2CCC[C@@H](N(C(=O)O)C(C)(C)C)C2)n1. The quantitative estimate of drug-likeness (QED) is 0.442. The van der Waals surface area contributed by atoms with Crippen LogP contribution in [0.25, 0.3) is 22.2 Å². The van der Waals surface area contributed by atoms with E-state index in [1.165, 1.54) is 0 Å². The molecular formula is C23H32N8O3. The first-order valence-electron chi connectivity index (χ1n) is 11.3. The summed E-state index contributed by atoms with van der Waals surface area (Å²) in [5, 5.41) is 20.7. The van der Waals surface area contributed by atoms with Crippen molar-refractivity contribution in [2.75, 3.05) is 43.2 Å². The summed E-state index contributed by atoms with van der Waals surface area (Å²) >= 11 is 0. The van der Waals surface area contributed by atoms with Gasteiger partial charge in [-0.15, -0.1) is 0 Å². The van der Waals surface area contributed by atoms with Gasteiger partial charge >= 0.3 is 6.09 Å². The van der Waals surface area contributed by atoms with Crippen LogP contribution in [0.3, 0.4) is 0 Å². The number of hydrogen-bond donors (Lipinski definition) is 4. The Morgan fingerprint density at radius 2 is 2.09 bits per heavy atom. The number of nitrogens with one attached hydrogen (secondary N) is 2. The van der Waals surface area contributed by atoms with E-state index in [1.807, 2.05) is 39.0 Å². The molecule has 0 saturated carbocycles. The lowest BCUT2D eigenvalue weighted by Crippen LogP contribution is -2.57. The summed E-state index contributed by atoms with van der Waals surface area (Å²) in [5.74, 6) is 2.19. The van der Waals surface area contributed by atoms with Crippen molar-refractivity contribution in [3.05, 3.63) is 18.2 Å². The van der Waals surface area contributed by atoms with Crippen LogP contribution in [0.2, 0.25) is 0 Å². The molecule has 1 atom stereocenters. The molecule has 0 radical (unpaired) electrons. The molecule has 4 rings (SSSR count). The Bertz CT molecular complexity index is 1200. The van der Waals surface area contributed by atoms with E-state index < -0.39 is 11.6 Å². The molecule has 0 bridgehead atoms. The summed E-state index contributed by atoms with van der Waals surface area (Å²) in [6, 6.07) is 5.60. The highest BCUT2D eigenvalue weighted by Gasteiger charge is 2.36. The Morgan fingerprint density at radius 1 is 1.32 bits per heavy atom. The Morgan fingerprint density at radius 3 is 2.74 bits per heavy atom. The molecule has 1 saturated heterocycles. The number of aromatic amines is 1. The number of nitrogen functional groups attached to an aromatic ring is 1. The lowest BCUT2D eigenvalue weighted by molar-refractivity contribution is 0.0647. The first kappa shape index (κ1) is 23.4. The molecule has 5 N–H and O–H groups in total. The van der Waals surface area contributed by atoms with Gasteiger partial charge in [0, 0.05) is 37.3 Å². The minimum atomic E-state index is -0.905. The second-order valence-electron chi connectivity index (χ2n) is 9.46. The van der Waals surface area contributed by atoms with E-state index in [-0.39, 0.29) is 6.04 Å². The highest BCUT2D eigenvalue weighted by molar-refractivity contribution is 5.97. The molecule has 3 aromatic rings. The van der Waals surface area contributed by atoms with Gasteiger partial charge in [-0.3, -0.25) is 10.00 Å². The number of piperidine rings is 1. The molecule has 0 spiro atoms. The van der Waals surface area contributed by atoms with Crippen molar-refractivity contribution in [2.24, 2.45) is 0 Å². The average molecular weight is 469 g/mol. The van der Waals surface area contributed by atoms with E-state index in [0.717, 1.165) is 41.7 Å². The van der Waals surface area contributed by atoms with Crippen LogP contribution in [0.1, 0.15) is 33.6 Å². The van der Waals surface area contributed by atoms with Gasteiger partial charge in [-0.1, -0.05) is 0 Å². The van der Waals surface area contributed by atoms with E-state index in [1.54, 1.807) is 19.1 Å². The van der Waals surface area contributed by atoms with Crippen LogP contribution < -0.4 is 20.7 Å². The maximum Gasteiger partial charge on any atom is 0.408 e. The van der Waals surface area contributed by atoms with Crippen LogP contribution in [-0.2, 0) is 0 Å². The Labute approximate surface area is 198 Å². The molecule has 1 aliphatic rings. The number of nitrogens with zero attached hydrogens (tertiary/aromatic N) is 5. The zero-order chi connectivity index (χ0) is 24.6. The fourth-order valence-electron chi connectivity index (χ4n) is 4.67. The number of rotatable bonds is 5. The molecule has 1 fully saturated rings. The summed E-state index contributed by atoms with van der Waals surface area (Å²) in [5.41, 5.74) is 7.77. The monoisotopic (exact) mass is 468 g/mol. The highest BCUT2D eigenvalue weighted by Crippen LogP contribution is 2.35. The van der Waals surface area contributed by atoms with Crippen LogP contribution >= 0.6 is 0 Å². The van der Waals surface area contributed by atoms with Crippen LogP contribution in [0, 0.1) is 0 Å². The van der Waals surface area contributed by atoms with E-state index in [0.29, 0.717) is 29.8 Å². The molecule has 1 aliphatic heterocycles. The number of ether oxygens (including phenoxy) is 1. The van der Waals surface area contributed by atoms with Crippen molar-refractivity contribution in [3.8, 4) is 17.0 Å². The lowest BCUT2D eigenvalue weighted by Gasteiger charge is -2.44. The molecule has 1 amide bonds. The van der Waals surface area contributed by atoms with E-state index in [2.05, 4.69) is 30.4 Å². The number of benzene rings is 1.